The van der Waals surface area contributed by atoms with Crippen molar-refractivity contribution in [2.45, 2.75) is 25.7 Å². The van der Waals surface area contributed by atoms with E-state index in [4.69, 9.17) is 5.73 Å². The summed E-state index contributed by atoms with van der Waals surface area (Å²) in [4.78, 5) is 13.2. The van der Waals surface area contributed by atoms with Crippen molar-refractivity contribution in [2.24, 2.45) is 5.73 Å². The smallest absolute Gasteiger partial charge is 0.252 e. The average Bonchev–Trinajstić information content (AvgIpc) is 2.69. The van der Waals surface area contributed by atoms with Crippen LogP contribution in [0.4, 0.5) is 0 Å². The molecule has 16 heavy (non-hydrogen) atoms. The van der Waals surface area contributed by atoms with Crippen LogP contribution in [0.2, 0.25) is 0 Å². The van der Waals surface area contributed by atoms with Gasteiger partial charge in [-0.15, -0.1) is 23.7 Å². The summed E-state index contributed by atoms with van der Waals surface area (Å²) in [5.74, 6) is 0.0415. The van der Waals surface area contributed by atoms with Gasteiger partial charge in [-0.1, -0.05) is 0 Å². The highest BCUT2D eigenvalue weighted by Crippen LogP contribution is 2.29. The second-order valence-electron chi connectivity index (χ2n) is 3.80. The summed E-state index contributed by atoms with van der Waals surface area (Å²) in [5, 5.41) is 4.82. The molecule has 0 aliphatic heterocycles. The van der Waals surface area contributed by atoms with Crippen LogP contribution >= 0.6 is 23.7 Å². The monoisotopic (exact) mass is 260 g/mol. The number of aryl methyl sites for hydroxylation is 1. The molecule has 90 valence electrons. The third-order valence-electron chi connectivity index (χ3n) is 2.74. The number of carbonyl (C=O) groups is 1. The molecule has 1 amide bonds. The van der Waals surface area contributed by atoms with Crippen LogP contribution in [0.1, 0.15) is 33.6 Å². The lowest BCUT2D eigenvalue weighted by Gasteiger charge is -2.12. The van der Waals surface area contributed by atoms with E-state index in [1.165, 1.54) is 23.3 Å². The molecule has 0 unspecified atom stereocenters. The van der Waals surface area contributed by atoms with Crippen molar-refractivity contribution in [1.82, 2.24) is 5.32 Å². The van der Waals surface area contributed by atoms with E-state index in [-0.39, 0.29) is 18.3 Å². The number of hydrogen-bond donors (Lipinski definition) is 2. The Labute approximate surface area is 106 Å². The summed E-state index contributed by atoms with van der Waals surface area (Å²) in [6.07, 6.45) is 4.67. The maximum absolute atomic E-state index is 11.8. The van der Waals surface area contributed by atoms with Crippen molar-refractivity contribution >= 4 is 29.7 Å². The number of rotatable bonds is 3. The van der Waals surface area contributed by atoms with E-state index in [2.05, 4.69) is 5.32 Å². The number of nitrogens with two attached hydrogens (primary N) is 1. The van der Waals surface area contributed by atoms with Crippen molar-refractivity contribution < 1.29 is 4.79 Å². The van der Waals surface area contributed by atoms with Gasteiger partial charge >= 0.3 is 0 Å². The Balaban J connectivity index is 0.00000128. The van der Waals surface area contributed by atoms with E-state index in [1.807, 2.05) is 5.38 Å². The minimum absolute atomic E-state index is 0. The standard InChI is InChI=1S/C11H16N2OS.ClH/c12-5-6-13-11(14)9-7-15-10-4-2-1-3-8(9)10;/h7H,1-6,12H2,(H,13,14);1H. The van der Waals surface area contributed by atoms with Gasteiger partial charge in [-0.2, -0.15) is 0 Å². The van der Waals surface area contributed by atoms with Gasteiger partial charge in [0.25, 0.3) is 5.91 Å². The summed E-state index contributed by atoms with van der Waals surface area (Å²) in [6.45, 7) is 1.06. The van der Waals surface area contributed by atoms with E-state index in [0.717, 1.165) is 18.4 Å². The quantitative estimate of drug-likeness (QED) is 0.870. The number of nitrogens with one attached hydrogen (secondary N) is 1. The first kappa shape index (κ1) is 13.5. The van der Waals surface area contributed by atoms with Crippen LogP contribution in [0.3, 0.4) is 0 Å². The normalized spacial score (nSPS) is 13.8. The zero-order chi connectivity index (χ0) is 10.7. The zero-order valence-electron chi connectivity index (χ0n) is 9.12. The topological polar surface area (TPSA) is 55.1 Å². The molecular formula is C11H17ClN2OS. The summed E-state index contributed by atoms with van der Waals surface area (Å²) >= 11 is 1.72. The van der Waals surface area contributed by atoms with Crippen molar-refractivity contribution in [1.29, 1.82) is 0 Å². The lowest BCUT2D eigenvalue weighted by molar-refractivity contribution is 0.0954. The molecule has 0 fully saturated rings. The predicted molar refractivity (Wildman–Crippen MR) is 69.6 cm³/mol. The molecule has 1 aromatic rings. The average molecular weight is 261 g/mol. The molecule has 1 heterocycles. The van der Waals surface area contributed by atoms with Crippen molar-refractivity contribution in [3.63, 3.8) is 0 Å². The van der Waals surface area contributed by atoms with E-state index < -0.39 is 0 Å². The molecule has 0 saturated heterocycles. The summed E-state index contributed by atoms with van der Waals surface area (Å²) in [6, 6.07) is 0. The molecule has 1 aliphatic carbocycles. The van der Waals surface area contributed by atoms with Crippen LogP contribution in [-0.2, 0) is 12.8 Å². The summed E-state index contributed by atoms with van der Waals surface area (Å²) < 4.78 is 0. The first-order valence-electron chi connectivity index (χ1n) is 5.40. The van der Waals surface area contributed by atoms with E-state index >= 15 is 0 Å². The molecule has 5 heteroatoms. The number of hydrogen-bond acceptors (Lipinski definition) is 3. The lowest BCUT2D eigenvalue weighted by Crippen LogP contribution is -2.29. The molecule has 1 aliphatic rings. The van der Waals surface area contributed by atoms with Gasteiger partial charge < -0.3 is 11.1 Å². The van der Waals surface area contributed by atoms with Crippen LogP contribution in [0, 0.1) is 0 Å². The number of carbonyl (C=O) groups excluding carboxylic acids is 1. The van der Waals surface area contributed by atoms with Crippen molar-refractivity contribution in [2.75, 3.05) is 13.1 Å². The Morgan fingerprint density at radius 1 is 1.44 bits per heavy atom. The largest absolute Gasteiger partial charge is 0.351 e. The van der Waals surface area contributed by atoms with Crippen LogP contribution in [-0.4, -0.2) is 19.0 Å². The van der Waals surface area contributed by atoms with Gasteiger partial charge in [-0.3, -0.25) is 4.79 Å². The summed E-state index contributed by atoms with van der Waals surface area (Å²) in [7, 11) is 0. The molecular weight excluding hydrogens is 244 g/mol. The van der Waals surface area contributed by atoms with E-state index in [9.17, 15) is 4.79 Å². The van der Waals surface area contributed by atoms with Gasteiger partial charge in [0.2, 0.25) is 0 Å². The van der Waals surface area contributed by atoms with Gasteiger partial charge in [-0.05, 0) is 31.2 Å². The van der Waals surface area contributed by atoms with Crippen molar-refractivity contribution in [3.05, 3.63) is 21.4 Å². The Hall–Kier alpha value is -0.580. The van der Waals surface area contributed by atoms with Gasteiger partial charge in [0, 0.05) is 23.3 Å². The van der Waals surface area contributed by atoms with Crippen LogP contribution in [0.15, 0.2) is 5.38 Å². The Morgan fingerprint density at radius 2 is 2.19 bits per heavy atom. The second-order valence-corrected chi connectivity index (χ2v) is 4.77. The molecule has 0 saturated carbocycles. The predicted octanol–water partition coefficient (Wildman–Crippen LogP) is 1.74. The highest BCUT2D eigenvalue weighted by Gasteiger charge is 2.19. The maximum atomic E-state index is 11.8. The number of thiophene rings is 1. The molecule has 0 aromatic carbocycles. The van der Waals surface area contributed by atoms with Gasteiger partial charge in [-0.25, -0.2) is 0 Å². The Kier molecular flexibility index (Phi) is 5.25. The van der Waals surface area contributed by atoms with Gasteiger partial charge in [0.15, 0.2) is 0 Å². The fourth-order valence-electron chi connectivity index (χ4n) is 1.97. The summed E-state index contributed by atoms with van der Waals surface area (Å²) in [5.41, 5.74) is 7.51. The minimum Gasteiger partial charge on any atom is -0.351 e. The first-order valence-corrected chi connectivity index (χ1v) is 6.28. The highest BCUT2D eigenvalue weighted by atomic mass is 35.5. The molecule has 3 N–H and O–H groups in total. The molecule has 0 radical (unpaired) electrons. The third-order valence-corrected chi connectivity index (χ3v) is 3.82. The van der Waals surface area contributed by atoms with Crippen molar-refractivity contribution in [3.8, 4) is 0 Å². The van der Waals surface area contributed by atoms with Crippen LogP contribution < -0.4 is 11.1 Å². The Morgan fingerprint density at radius 3 is 2.94 bits per heavy atom. The highest BCUT2D eigenvalue weighted by molar-refractivity contribution is 7.10. The fraction of sp³-hybridized carbons (Fsp3) is 0.545. The molecule has 0 atom stereocenters. The molecule has 0 bridgehead atoms. The SMILES string of the molecule is Cl.NCCNC(=O)c1csc2c1CCCC2. The molecule has 0 spiro atoms. The van der Waals surface area contributed by atoms with Crippen LogP contribution in [0.5, 0.6) is 0 Å². The lowest BCUT2D eigenvalue weighted by atomic mass is 9.96. The maximum Gasteiger partial charge on any atom is 0.252 e. The molecule has 1 aromatic heterocycles. The van der Waals surface area contributed by atoms with Gasteiger partial charge in [0.05, 0.1) is 5.56 Å². The zero-order valence-corrected chi connectivity index (χ0v) is 10.8. The fourth-order valence-corrected chi connectivity index (χ4v) is 3.09. The number of halogens is 1. The second kappa shape index (κ2) is 6.23. The van der Waals surface area contributed by atoms with Crippen LogP contribution in [0.25, 0.3) is 0 Å². The third kappa shape index (κ3) is 2.75. The van der Waals surface area contributed by atoms with E-state index in [1.54, 1.807) is 11.3 Å². The first-order chi connectivity index (χ1) is 7.33. The Bertz CT molecular complexity index is 365. The van der Waals surface area contributed by atoms with E-state index in [0.29, 0.717) is 13.1 Å². The van der Waals surface area contributed by atoms with Gasteiger partial charge in [0.1, 0.15) is 0 Å². The number of amides is 1. The minimum atomic E-state index is 0. The molecule has 2 rings (SSSR count). The molecule has 3 nitrogen and oxygen atoms in total. The number of fused-ring (bicyclic) bond motifs is 1.